The van der Waals surface area contributed by atoms with Crippen LogP contribution < -0.4 is 25.2 Å². The van der Waals surface area contributed by atoms with Crippen molar-refractivity contribution in [1.82, 2.24) is 14.9 Å². The first-order valence-electron chi connectivity index (χ1n) is 14.0. The summed E-state index contributed by atoms with van der Waals surface area (Å²) in [6.45, 7) is 9.08. The maximum atomic E-state index is 13.4. The third-order valence-corrected chi connectivity index (χ3v) is 7.12. The summed E-state index contributed by atoms with van der Waals surface area (Å²) in [5.41, 5.74) is 1.51. The minimum atomic E-state index is -4.51. The molecule has 3 aromatic rings. The van der Waals surface area contributed by atoms with E-state index in [2.05, 4.69) is 38.8 Å². The number of alkyl halides is 3. The van der Waals surface area contributed by atoms with Crippen LogP contribution in [0.25, 0.3) is 0 Å². The number of halogens is 3. The Morgan fingerprint density at radius 2 is 1.86 bits per heavy atom. The Kier molecular flexibility index (Phi) is 10.1. The number of anilines is 6. The molecule has 13 heteroatoms. The number of nitrogens with zero attached hydrogens (tertiary/aromatic N) is 6. The molecule has 0 saturated heterocycles. The summed E-state index contributed by atoms with van der Waals surface area (Å²) < 4.78 is 45.9. The predicted molar refractivity (Wildman–Crippen MR) is 169 cm³/mol. The van der Waals surface area contributed by atoms with E-state index in [4.69, 9.17) is 9.72 Å². The fourth-order valence-electron chi connectivity index (χ4n) is 4.51. The van der Waals surface area contributed by atoms with Crippen LogP contribution in [0.15, 0.2) is 60.2 Å². The van der Waals surface area contributed by atoms with Gasteiger partial charge in [0.05, 0.1) is 41.1 Å². The number of hydrogen-bond donors (Lipinski definition) is 2. The van der Waals surface area contributed by atoms with Gasteiger partial charge in [-0.1, -0.05) is 6.58 Å². The van der Waals surface area contributed by atoms with E-state index in [0.29, 0.717) is 47.6 Å². The van der Waals surface area contributed by atoms with E-state index in [1.807, 2.05) is 37.0 Å². The molecule has 10 nitrogen and oxygen atoms in total. The third kappa shape index (κ3) is 8.04. The molecule has 1 aliphatic carbocycles. The van der Waals surface area contributed by atoms with Gasteiger partial charge in [-0.2, -0.15) is 18.2 Å². The zero-order valence-electron chi connectivity index (χ0n) is 25.3. The largest absolute Gasteiger partial charge is 0.494 e. The number of aliphatic imine (C=N–C) groups is 1. The lowest BCUT2D eigenvalue weighted by atomic mass is 10.1. The van der Waals surface area contributed by atoms with Gasteiger partial charge in [-0.05, 0) is 76.0 Å². The number of ether oxygens (including phenoxy) is 1. The van der Waals surface area contributed by atoms with Crippen molar-refractivity contribution in [2.75, 3.05) is 68.3 Å². The van der Waals surface area contributed by atoms with E-state index in [9.17, 15) is 18.0 Å². The second-order valence-electron chi connectivity index (χ2n) is 10.8. The van der Waals surface area contributed by atoms with Gasteiger partial charge < -0.3 is 30.1 Å². The van der Waals surface area contributed by atoms with Crippen LogP contribution in [0.5, 0.6) is 5.75 Å². The van der Waals surface area contributed by atoms with Crippen molar-refractivity contribution in [3.8, 4) is 5.75 Å². The van der Waals surface area contributed by atoms with Gasteiger partial charge in [-0.15, -0.1) is 0 Å². The van der Waals surface area contributed by atoms with Crippen LogP contribution in [0, 0.1) is 5.92 Å². The highest BCUT2D eigenvalue weighted by Gasteiger charge is 2.33. The van der Waals surface area contributed by atoms with Crippen LogP contribution in [0.4, 0.5) is 53.4 Å². The molecule has 2 N–H and O–H groups in total. The number of likely N-dealkylation sites (N-methyl/N-ethyl adjacent to an activating group) is 2. The van der Waals surface area contributed by atoms with Gasteiger partial charge in [0.2, 0.25) is 11.9 Å². The molecule has 44 heavy (non-hydrogen) atoms. The van der Waals surface area contributed by atoms with Crippen LogP contribution in [-0.2, 0) is 11.0 Å². The summed E-state index contributed by atoms with van der Waals surface area (Å²) in [5, 5.41) is 6.04. The van der Waals surface area contributed by atoms with Crippen molar-refractivity contribution in [1.29, 1.82) is 0 Å². The predicted octanol–water partition coefficient (Wildman–Crippen LogP) is 6.25. The standard InChI is InChI=1S/C31H37F3N8O2/c1-7-29(43)37-23-17-24(27(44-6)18-26(23)41(5)15-14-40(3)4)38-30-36-13-12-28(39-30)42(19-20-8-9-20)25-11-10-21(31(32,33)34)16-22(25)35-2/h7,10-13,16-18,20H,1-2,8-9,14-15,19H2,3-6H3,(H,37,43)(H,36,38,39). The maximum Gasteiger partial charge on any atom is 0.416 e. The average molecular weight is 611 g/mol. The molecule has 0 spiro atoms. The smallest absolute Gasteiger partial charge is 0.416 e. The van der Waals surface area contributed by atoms with E-state index < -0.39 is 11.7 Å². The van der Waals surface area contributed by atoms with Gasteiger partial charge in [0.15, 0.2) is 0 Å². The molecular weight excluding hydrogens is 573 g/mol. The summed E-state index contributed by atoms with van der Waals surface area (Å²) in [5.74, 6) is 1.17. The van der Waals surface area contributed by atoms with Crippen molar-refractivity contribution in [2.24, 2.45) is 10.9 Å². The lowest BCUT2D eigenvalue weighted by Crippen LogP contribution is -2.29. The quantitative estimate of drug-likeness (QED) is 0.163. The lowest BCUT2D eigenvalue weighted by molar-refractivity contribution is -0.137. The number of rotatable bonds is 14. The molecule has 1 aliphatic rings. The van der Waals surface area contributed by atoms with Crippen molar-refractivity contribution >= 4 is 52.8 Å². The second kappa shape index (κ2) is 13.8. The molecule has 1 fully saturated rings. The molecule has 0 atom stereocenters. The molecule has 234 valence electrons. The van der Waals surface area contributed by atoms with Crippen LogP contribution in [0.1, 0.15) is 18.4 Å². The van der Waals surface area contributed by atoms with Gasteiger partial charge >= 0.3 is 6.18 Å². The Hall–Kier alpha value is -4.65. The fraction of sp³-hybridized carbons (Fsp3) is 0.355. The molecule has 2 aromatic carbocycles. The van der Waals surface area contributed by atoms with Crippen LogP contribution in [-0.4, -0.2) is 75.4 Å². The van der Waals surface area contributed by atoms with E-state index in [1.54, 1.807) is 18.3 Å². The molecule has 0 radical (unpaired) electrons. The normalized spacial score (nSPS) is 12.9. The van der Waals surface area contributed by atoms with E-state index in [1.165, 1.54) is 19.3 Å². The molecule has 1 heterocycles. The first kappa shape index (κ1) is 32.3. The number of amides is 1. The maximum absolute atomic E-state index is 13.4. The molecular formula is C31H37F3N8O2. The number of methoxy groups -OCH3 is 1. The highest BCUT2D eigenvalue weighted by atomic mass is 19.4. The second-order valence-corrected chi connectivity index (χ2v) is 10.8. The SMILES string of the molecule is C=CC(=O)Nc1cc(Nc2nccc(N(CC3CC3)c3ccc(C(F)(F)F)cc3N=C)n2)c(OC)cc1N(C)CCN(C)C. The Balaban J connectivity index is 1.71. The number of carbonyl (C=O) groups is 1. The molecule has 1 aromatic heterocycles. The lowest BCUT2D eigenvalue weighted by Gasteiger charge is -2.27. The highest BCUT2D eigenvalue weighted by Crippen LogP contribution is 2.42. The van der Waals surface area contributed by atoms with Crippen LogP contribution >= 0.6 is 0 Å². The summed E-state index contributed by atoms with van der Waals surface area (Å²) in [6, 6.07) is 8.65. The molecule has 4 rings (SSSR count). The Morgan fingerprint density at radius 3 is 2.48 bits per heavy atom. The van der Waals surface area contributed by atoms with Gasteiger partial charge in [0, 0.05) is 38.9 Å². The molecule has 0 bridgehead atoms. The fourth-order valence-corrected chi connectivity index (χ4v) is 4.51. The Labute approximate surface area is 255 Å². The zero-order chi connectivity index (χ0) is 32.0. The minimum absolute atomic E-state index is 0.104. The number of hydrogen-bond acceptors (Lipinski definition) is 9. The van der Waals surface area contributed by atoms with Gasteiger partial charge in [0.1, 0.15) is 11.6 Å². The number of nitrogens with one attached hydrogen (secondary N) is 2. The first-order chi connectivity index (χ1) is 20.9. The van der Waals surface area contributed by atoms with Crippen molar-refractivity contribution in [3.05, 3.63) is 60.8 Å². The Bertz CT molecular complexity index is 1510. The van der Waals surface area contributed by atoms with E-state index >= 15 is 0 Å². The molecule has 1 saturated carbocycles. The summed E-state index contributed by atoms with van der Waals surface area (Å²) >= 11 is 0. The van der Waals surface area contributed by atoms with Crippen LogP contribution in [0.3, 0.4) is 0 Å². The number of carbonyl (C=O) groups excluding carboxylic acids is 1. The van der Waals surface area contributed by atoms with Crippen LogP contribution in [0.2, 0.25) is 0 Å². The van der Waals surface area contributed by atoms with E-state index in [-0.39, 0.29) is 17.5 Å². The van der Waals surface area contributed by atoms with Crippen molar-refractivity contribution < 1.29 is 22.7 Å². The van der Waals surface area contributed by atoms with Gasteiger partial charge in [-0.25, -0.2) is 4.98 Å². The van der Waals surface area contributed by atoms with E-state index in [0.717, 1.165) is 37.2 Å². The number of benzene rings is 2. The Morgan fingerprint density at radius 1 is 1.11 bits per heavy atom. The minimum Gasteiger partial charge on any atom is -0.494 e. The topological polar surface area (TPSA) is 98.2 Å². The first-order valence-corrected chi connectivity index (χ1v) is 14.0. The van der Waals surface area contributed by atoms with Crippen molar-refractivity contribution in [2.45, 2.75) is 19.0 Å². The average Bonchev–Trinajstić information content (AvgIpc) is 3.82. The third-order valence-electron chi connectivity index (χ3n) is 7.12. The van der Waals surface area contributed by atoms with Gasteiger partial charge in [0.25, 0.3) is 0 Å². The summed E-state index contributed by atoms with van der Waals surface area (Å²) in [4.78, 5) is 31.2. The molecule has 0 aliphatic heterocycles. The molecule has 1 amide bonds. The molecule has 0 unspecified atom stereocenters. The highest BCUT2D eigenvalue weighted by molar-refractivity contribution is 6.02. The zero-order valence-corrected chi connectivity index (χ0v) is 25.3. The monoisotopic (exact) mass is 610 g/mol. The van der Waals surface area contributed by atoms with Gasteiger partial charge in [-0.3, -0.25) is 9.79 Å². The summed E-state index contributed by atoms with van der Waals surface area (Å²) in [7, 11) is 7.42. The summed E-state index contributed by atoms with van der Waals surface area (Å²) in [6.07, 6.45) is 0.262. The van der Waals surface area contributed by atoms with Crippen molar-refractivity contribution in [3.63, 3.8) is 0 Å². The number of aromatic nitrogens is 2.